The van der Waals surface area contributed by atoms with Gasteiger partial charge < -0.3 is 20.9 Å². The molecule has 0 aromatic heterocycles. The van der Waals surface area contributed by atoms with E-state index in [0.717, 1.165) is 0 Å². The highest BCUT2D eigenvalue weighted by atomic mass is 16.5. The number of carbonyl (C=O) groups excluding carboxylic acids is 2. The minimum absolute atomic E-state index is 0.0352. The summed E-state index contributed by atoms with van der Waals surface area (Å²) in [4.78, 5) is 33.0. The molecule has 4 N–H and O–H groups in total. The fraction of sp³-hybridized carbons (Fsp3) is 0.727. The summed E-state index contributed by atoms with van der Waals surface area (Å²) in [5, 5.41) is 11.6. The topological polar surface area (TPSA) is 119 Å². The number of carbonyl (C=O) groups is 3. The van der Waals surface area contributed by atoms with Crippen molar-refractivity contribution in [2.24, 2.45) is 17.1 Å². The molecule has 1 unspecified atom stereocenters. The molecule has 0 aromatic rings. The summed E-state index contributed by atoms with van der Waals surface area (Å²) in [5.41, 5.74) is 3.62. The molecular formula is C11H20N2O5. The SMILES string of the molecule is CC(C)C(C)(CC(=O)NCCOC(N)=O)C(=O)O. The highest BCUT2D eigenvalue weighted by molar-refractivity contribution is 5.84. The average Bonchev–Trinajstić information content (AvgIpc) is 2.23. The lowest BCUT2D eigenvalue weighted by Gasteiger charge is -2.28. The van der Waals surface area contributed by atoms with Crippen LogP contribution >= 0.6 is 0 Å². The van der Waals surface area contributed by atoms with Crippen LogP contribution in [0.15, 0.2) is 0 Å². The van der Waals surface area contributed by atoms with E-state index in [2.05, 4.69) is 10.1 Å². The standard InChI is InChI=1S/C11H20N2O5/c1-7(2)11(3,9(15)16)6-8(14)13-4-5-18-10(12)17/h7H,4-6H2,1-3H3,(H2,12,17)(H,13,14)(H,15,16). The second-order valence-electron chi connectivity index (χ2n) is 4.57. The van der Waals surface area contributed by atoms with E-state index in [9.17, 15) is 14.4 Å². The fourth-order valence-corrected chi connectivity index (χ4v) is 1.26. The van der Waals surface area contributed by atoms with E-state index in [1.165, 1.54) is 6.92 Å². The number of rotatable bonds is 7. The summed E-state index contributed by atoms with van der Waals surface area (Å²) < 4.78 is 4.43. The van der Waals surface area contributed by atoms with Gasteiger partial charge in [0.05, 0.1) is 12.0 Å². The molecule has 0 spiro atoms. The van der Waals surface area contributed by atoms with Gasteiger partial charge in [-0.2, -0.15) is 0 Å². The van der Waals surface area contributed by atoms with Crippen LogP contribution in [0.2, 0.25) is 0 Å². The quantitative estimate of drug-likeness (QED) is 0.570. The predicted molar refractivity (Wildman–Crippen MR) is 63.7 cm³/mol. The molecule has 0 radical (unpaired) electrons. The Labute approximate surface area is 106 Å². The Bertz CT molecular complexity index is 329. The Kier molecular flexibility index (Phi) is 6.15. The molecule has 0 aromatic carbocycles. The van der Waals surface area contributed by atoms with Gasteiger partial charge in [0.15, 0.2) is 0 Å². The zero-order valence-electron chi connectivity index (χ0n) is 10.9. The van der Waals surface area contributed by atoms with Crippen molar-refractivity contribution in [3.63, 3.8) is 0 Å². The number of aliphatic carboxylic acids is 1. The number of nitrogens with two attached hydrogens (primary N) is 1. The first kappa shape index (κ1) is 16.2. The monoisotopic (exact) mass is 260 g/mol. The number of nitrogens with one attached hydrogen (secondary N) is 1. The molecule has 0 fully saturated rings. The van der Waals surface area contributed by atoms with Gasteiger partial charge in [0.25, 0.3) is 0 Å². The number of amides is 2. The summed E-state index contributed by atoms with van der Waals surface area (Å²) in [7, 11) is 0. The molecule has 0 saturated carbocycles. The van der Waals surface area contributed by atoms with Crippen molar-refractivity contribution in [1.82, 2.24) is 5.32 Å². The summed E-state index contributed by atoms with van der Waals surface area (Å²) in [6, 6.07) is 0. The van der Waals surface area contributed by atoms with Crippen molar-refractivity contribution in [2.75, 3.05) is 13.2 Å². The van der Waals surface area contributed by atoms with E-state index in [0.29, 0.717) is 0 Å². The Morgan fingerprint density at radius 3 is 2.33 bits per heavy atom. The first-order valence-electron chi connectivity index (χ1n) is 5.62. The number of ether oxygens (including phenoxy) is 1. The zero-order valence-corrected chi connectivity index (χ0v) is 10.9. The van der Waals surface area contributed by atoms with Gasteiger partial charge >= 0.3 is 12.1 Å². The van der Waals surface area contributed by atoms with Gasteiger partial charge in [0, 0.05) is 6.42 Å². The minimum atomic E-state index is -1.12. The van der Waals surface area contributed by atoms with E-state index in [4.69, 9.17) is 10.8 Å². The second-order valence-corrected chi connectivity index (χ2v) is 4.57. The number of carboxylic acid groups (broad SMARTS) is 1. The van der Waals surface area contributed by atoms with Gasteiger partial charge in [-0.15, -0.1) is 0 Å². The Morgan fingerprint density at radius 1 is 1.39 bits per heavy atom. The molecule has 7 heteroatoms. The van der Waals surface area contributed by atoms with Crippen LogP contribution in [-0.4, -0.2) is 36.2 Å². The lowest BCUT2D eigenvalue weighted by Crippen LogP contribution is -2.40. The number of carboxylic acids is 1. The van der Waals surface area contributed by atoms with Crippen LogP contribution < -0.4 is 11.1 Å². The van der Waals surface area contributed by atoms with Crippen LogP contribution in [-0.2, 0) is 14.3 Å². The minimum Gasteiger partial charge on any atom is -0.481 e. The van der Waals surface area contributed by atoms with Crippen molar-refractivity contribution >= 4 is 18.0 Å². The number of primary amides is 1. The van der Waals surface area contributed by atoms with E-state index >= 15 is 0 Å². The van der Waals surface area contributed by atoms with Crippen LogP contribution in [0.4, 0.5) is 4.79 Å². The second kappa shape index (κ2) is 6.83. The lowest BCUT2D eigenvalue weighted by molar-refractivity contribution is -0.153. The molecule has 0 aliphatic carbocycles. The molecule has 7 nitrogen and oxygen atoms in total. The summed E-state index contributed by atoms with van der Waals surface area (Å²) in [6.45, 7) is 5.09. The molecule has 0 rings (SSSR count). The summed E-state index contributed by atoms with van der Waals surface area (Å²) in [6.07, 6.45) is -1.04. The van der Waals surface area contributed by atoms with Crippen LogP contribution in [0.25, 0.3) is 0 Å². The highest BCUT2D eigenvalue weighted by Crippen LogP contribution is 2.31. The molecule has 0 heterocycles. The number of hydrogen-bond donors (Lipinski definition) is 3. The predicted octanol–water partition coefficient (Wildman–Crippen LogP) is 0.335. The van der Waals surface area contributed by atoms with Crippen LogP contribution in [0.3, 0.4) is 0 Å². The smallest absolute Gasteiger partial charge is 0.404 e. The fourth-order valence-electron chi connectivity index (χ4n) is 1.26. The molecule has 1 atom stereocenters. The molecule has 2 amide bonds. The maximum Gasteiger partial charge on any atom is 0.404 e. The first-order chi connectivity index (χ1) is 8.20. The van der Waals surface area contributed by atoms with E-state index in [1.54, 1.807) is 13.8 Å². The third-order valence-electron chi connectivity index (χ3n) is 2.96. The maximum absolute atomic E-state index is 11.6. The molecule has 104 valence electrons. The van der Waals surface area contributed by atoms with Gasteiger partial charge in [-0.05, 0) is 12.8 Å². The van der Waals surface area contributed by atoms with Gasteiger partial charge in [0.2, 0.25) is 5.91 Å². The molecule has 0 bridgehead atoms. The summed E-state index contributed by atoms with van der Waals surface area (Å²) in [5.74, 6) is -1.59. The molecule has 0 saturated heterocycles. The maximum atomic E-state index is 11.6. The van der Waals surface area contributed by atoms with Gasteiger partial charge in [0.1, 0.15) is 6.61 Å². The number of hydrogen-bond acceptors (Lipinski definition) is 4. The lowest BCUT2D eigenvalue weighted by atomic mass is 9.76. The Morgan fingerprint density at radius 2 is 1.94 bits per heavy atom. The third-order valence-corrected chi connectivity index (χ3v) is 2.96. The van der Waals surface area contributed by atoms with Gasteiger partial charge in [-0.25, -0.2) is 4.79 Å². The zero-order chi connectivity index (χ0) is 14.3. The Balaban J connectivity index is 4.20. The molecule has 18 heavy (non-hydrogen) atoms. The van der Waals surface area contributed by atoms with E-state index in [-0.39, 0.29) is 25.5 Å². The molecule has 0 aliphatic rings. The largest absolute Gasteiger partial charge is 0.481 e. The van der Waals surface area contributed by atoms with Crippen LogP contribution in [0.1, 0.15) is 27.2 Å². The first-order valence-corrected chi connectivity index (χ1v) is 5.62. The van der Waals surface area contributed by atoms with Crippen LogP contribution in [0.5, 0.6) is 0 Å². The normalized spacial score (nSPS) is 13.8. The Hall–Kier alpha value is -1.79. The van der Waals surface area contributed by atoms with Crippen LogP contribution in [0, 0.1) is 11.3 Å². The summed E-state index contributed by atoms with van der Waals surface area (Å²) >= 11 is 0. The van der Waals surface area contributed by atoms with E-state index < -0.39 is 23.4 Å². The van der Waals surface area contributed by atoms with E-state index in [1.807, 2.05) is 0 Å². The van der Waals surface area contributed by atoms with Crippen molar-refractivity contribution in [3.05, 3.63) is 0 Å². The molecular weight excluding hydrogens is 240 g/mol. The third kappa shape index (κ3) is 5.03. The average molecular weight is 260 g/mol. The van der Waals surface area contributed by atoms with Crippen molar-refractivity contribution in [3.8, 4) is 0 Å². The van der Waals surface area contributed by atoms with Crippen molar-refractivity contribution in [1.29, 1.82) is 0 Å². The highest BCUT2D eigenvalue weighted by Gasteiger charge is 2.38. The van der Waals surface area contributed by atoms with Gasteiger partial charge in [-0.3, -0.25) is 9.59 Å². The van der Waals surface area contributed by atoms with Crippen molar-refractivity contribution < 1.29 is 24.2 Å². The van der Waals surface area contributed by atoms with Crippen molar-refractivity contribution in [2.45, 2.75) is 27.2 Å². The van der Waals surface area contributed by atoms with Gasteiger partial charge in [-0.1, -0.05) is 13.8 Å². The molecule has 0 aliphatic heterocycles.